The van der Waals surface area contributed by atoms with Crippen molar-refractivity contribution in [2.45, 2.75) is 30.9 Å². The van der Waals surface area contributed by atoms with Crippen LogP contribution in [0.2, 0.25) is 0 Å². The molecule has 0 spiro atoms. The van der Waals surface area contributed by atoms with E-state index in [1.807, 2.05) is 18.2 Å². The highest BCUT2D eigenvalue weighted by atomic mass is 32.2. The Morgan fingerprint density at radius 3 is 2.82 bits per heavy atom. The van der Waals surface area contributed by atoms with Crippen LogP contribution in [0, 0.1) is 5.82 Å². The molecule has 2 unspecified atom stereocenters. The summed E-state index contributed by atoms with van der Waals surface area (Å²) in [5.74, 6) is 0.447. The summed E-state index contributed by atoms with van der Waals surface area (Å²) in [5, 5.41) is 11.1. The Labute approximate surface area is 201 Å². The molecule has 1 aliphatic heterocycles. The van der Waals surface area contributed by atoms with Crippen LogP contribution >= 0.6 is 11.8 Å². The van der Waals surface area contributed by atoms with Gasteiger partial charge < -0.3 is 19.2 Å². The number of morpholine rings is 1. The standard InChI is InChI=1S/C24H27FN4O4S/c1-17(32-20-9-7-19(25)8-10-20)23-27-28-24(33-23)34-16-22(30)26-13-21-15-29(11-12-31-21)14-18-5-3-2-4-6-18/h2-10,17,21H,11-16H2,1H3,(H,26,30). The molecule has 2 aromatic carbocycles. The predicted octanol–water partition coefficient (Wildman–Crippen LogP) is 3.46. The number of amides is 1. The second-order valence-corrected chi connectivity index (χ2v) is 8.85. The topological polar surface area (TPSA) is 89.7 Å². The molecule has 34 heavy (non-hydrogen) atoms. The molecule has 1 saturated heterocycles. The Bertz CT molecular complexity index is 1050. The molecule has 3 aromatic rings. The lowest BCUT2D eigenvalue weighted by Crippen LogP contribution is -2.47. The first-order valence-corrected chi connectivity index (χ1v) is 12.1. The maximum absolute atomic E-state index is 13.0. The van der Waals surface area contributed by atoms with Gasteiger partial charge in [-0.3, -0.25) is 9.69 Å². The van der Waals surface area contributed by atoms with Crippen LogP contribution in [0.3, 0.4) is 0 Å². The number of ether oxygens (including phenoxy) is 2. The molecule has 1 aromatic heterocycles. The zero-order valence-electron chi connectivity index (χ0n) is 18.9. The number of nitrogens with zero attached hydrogens (tertiary/aromatic N) is 3. The van der Waals surface area contributed by atoms with E-state index in [1.165, 1.54) is 29.8 Å². The first-order chi connectivity index (χ1) is 16.5. The van der Waals surface area contributed by atoms with Gasteiger partial charge in [-0.1, -0.05) is 42.1 Å². The Morgan fingerprint density at radius 2 is 2.03 bits per heavy atom. The van der Waals surface area contributed by atoms with Crippen molar-refractivity contribution >= 4 is 17.7 Å². The third kappa shape index (κ3) is 7.28. The van der Waals surface area contributed by atoms with E-state index in [0.29, 0.717) is 18.9 Å². The monoisotopic (exact) mass is 486 g/mol. The van der Waals surface area contributed by atoms with Gasteiger partial charge in [0.1, 0.15) is 11.6 Å². The molecule has 0 saturated carbocycles. The quantitative estimate of drug-likeness (QED) is 0.436. The lowest BCUT2D eigenvalue weighted by atomic mass is 10.2. The van der Waals surface area contributed by atoms with Gasteiger partial charge in [0.2, 0.25) is 5.91 Å². The first kappa shape index (κ1) is 24.2. The summed E-state index contributed by atoms with van der Waals surface area (Å²) >= 11 is 1.16. The van der Waals surface area contributed by atoms with Crippen LogP contribution in [-0.2, 0) is 16.1 Å². The highest BCUT2D eigenvalue weighted by Gasteiger charge is 2.21. The molecular weight excluding hydrogens is 459 g/mol. The number of hydrogen-bond acceptors (Lipinski definition) is 8. The van der Waals surface area contributed by atoms with Gasteiger partial charge in [0.15, 0.2) is 6.10 Å². The third-order valence-electron chi connectivity index (χ3n) is 5.22. The molecule has 1 aliphatic rings. The molecule has 2 heterocycles. The molecule has 0 aliphatic carbocycles. The second-order valence-electron chi connectivity index (χ2n) is 7.93. The number of nitrogens with one attached hydrogen (secondary N) is 1. The highest BCUT2D eigenvalue weighted by Crippen LogP contribution is 2.24. The highest BCUT2D eigenvalue weighted by molar-refractivity contribution is 7.99. The van der Waals surface area contributed by atoms with Gasteiger partial charge in [0.05, 0.1) is 18.5 Å². The fourth-order valence-corrected chi connectivity index (χ4v) is 4.11. The summed E-state index contributed by atoms with van der Waals surface area (Å²) in [7, 11) is 0. The van der Waals surface area contributed by atoms with Gasteiger partial charge in [0, 0.05) is 26.2 Å². The molecule has 1 amide bonds. The lowest BCUT2D eigenvalue weighted by molar-refractivity contribution is -0.119. The molecule has 8 nitrogen and oxygen atoms in total. The number of carbonyl (C=O) groups is 1. The van der Waals surface area contributed by atoms with E-state index in [4.69, 9.17) is 13.9 Å². The van der Waals surface area contributed by atoms with Crippen LogP contribution in [0.5, 0.6) is 5.75 Å². The number of aromatic nitrogens is 2. The summed E-state index contributed by atoms with van der Waals surface area (Å²) < 4.78 is 30.1. The van der Waals surface area contributed by atoms with E-state index >= 15 is 0 Å². The van der Waals surface area contributed by atoms with Crippen molar-refractivity contribution < 1.29 is 23.1 Å². The van der Waals surface area contributed by atoms with E-state index in [0.717, 1.165) is 31.4 Å². The van der Waals surface area contributed by atoms with Gasteiger partial charge >= 0.3 is 0 Å². The van der Waals surface area contributed by atoms with Gasteiger partial charge in [-0.05, 0) is 36.8 Å². The number of benzene rings is 2. The van der Waals surface area contributed by atoms with Gasteiger partial charge in [-0.2, -0.15) is 0 Å². The molecule has 10 heteroatoms. The third-order valence-corrected chi connectivity index (χ3v) is 6.04. The number of thioether (sulfide) groups is 1. The Morgan fingerprint density at radius 1 is 1.24 bits per heavy atom. The fraction of sp³-hybridized carbons (Fsp3) is 0.375. The van der Waals surface area contributed by atoms with Crippen LogP contribution in [0.15, 0.2) is 64.2 Å². The molecule has 2 atom stereocenters. The first-order valence-electron chi connectivity index (χ1n) is 11.1. The maximum atomic E-state index is 13.0. The van der Waals surface area contributed by atoms with Gasteiger partial charge in [-0.15, -0.1) is 10.2 Å². The molecule has 1 N–H and O–H groups in total. The lowest BCUT2D eigenvalue weighted by Gasteiger charge is -2.33. The van der Waals surface area contributed by atoms with Crippen LogP contribution in [0.25, 0.3) is 0 Å². The summed E-state index contributed by atoms with van der Waals surface area (Å²) in [6.07, 6.45) is -0.561. The van der Waals surface area contributed by atoms with Crippen molar-refractivity contribution in [3.63, 3.8) is 0 Å². The van der Waals surface area contributed by atoms with E-state index in [2.05, 4.69) is 32.5 Å². The van der Waals surface area contributed by atoms with E-state index in [-0.39, 0.29) is 34.7 Å². The zero-order valence-corrected chi connectivity index (χ0v) is 19.7. The molecule has 0 radical (unpaired) electrons. The summed E-state index contributed by atoms with van der Waals surface area (Å²) in [4.78, 5) is 14.6. The molecule has 1 fully saturated rings. The van der Waals surface area contributed by atoms with Crippen molar-refractivity contribution in [1.82, 2.24) is 20.4 Å². The van der Waals surface area contributed by atoms with Crippen LogP contribution in [-0.4, -0.2) is 59.1 Å². The predicted molar refractivity (Wildman–Crippen MR) is 125 cm³/mol. The van der Waals surface area contributed by atoms with Gasteiger partial charge in [-0.25, -0.2) is 4.39 Å². The summed E-state index contributed by atoms with van der Waals surface area (Å²) in [5.41, 5.74) is 1.26. The summed E-state index contributed by atoms with van der Waals surface area (Å²) in [6, 6.07) is 16.0. The largest absolute Gasteiger partial charge is 0.481 e. The average molecular weight is 487 g/mol. The zero-order chi connectivity index (χ0) is 23.8. The number of hydrogen-bond donors (Lipinski definition) is 1. The molecule has 180 valence electrons. The minimum absolute atomic E-state index is 0.0501. The van der Waals surface area contributed by atoms with Gasteiger partial charge in [0.25, 0.3) is 11.1 Å². The number of halogens is 1. The van der Waals surface area contributed by atoms with E-state index < -0.39 is 6.10 Å². The van der Waals surface area contributed by atoms with Crippen LogP contribution in [0.4, 0.5) is 4.39 Å². The minimum atomic E-state index is -0.511. The van der Waals surface area contributed by atoms with Crippen LogP contribution < -0.4 is 10.1 Å². The SMILES string of the molecule is CC(Oc1ccc(F)cc1)c1nnc(SCC(=O)NCC2CN(Cc3ccccc3)CCO2)o1. The average Bonchev–Trinajstić information content (AvgIpc) is 3.33. The fourth-order valence-electron chi connectivity index (χ4n) is 3.51. The van der Waals surface area contributed by atoms with Crippen molar-refractivity contribution in [2.24, 2.45) is 0 Å². The van der Waals surface area contributed by atoms with Crippen LogP contribution in [0.1, 0.15) is 24.5 Å². The molecule has 0 bridgehead atoms. The van der Waals surface area contributed by atoms with Crippen molar-refractivity contribution in [3.8, 4) is 5.75 Å². The van der Waals surface area contributed by atoms with Crippen molar-refractivity contribution in [3.05, 3.63) is 71.9 Å². The smallest absolute Gasteiger partial charge is 0.277 e. The number of rotatable bonds is 10. The minimum Gasteiger partial charge on any atom is -0.481 e. The summed E-state index contributed by atoms with van der Waals surface area (Å²) in [6.45, 7) is 5.35. The Balaban J connectivity index is 1.17. The maximum Gasteiger partial charge on any atom is 0.277 e. The van der Waals surface area contributed by atoms with Crippen molar-refractivity contribution in [1.29, 1.82) is 0 Å². The molecular formula is C24H27FN4O4S. The normalized spacial score (nSPS) is 17.3. The number of carbonyl (C=O) groups excluding carboxylic acids is 1. The van der Waals surface area contributed by atoms with E-state index in [1.54, 1.807) is 6.92 Å². The Hall–Kier alpha value is -2.95. The van der Waals surface area contributed by atoms with E-state index in [9.17, 15) is 9.18 Å². The second kappa shape index (κ2) is 12.0. The Kier molecular flexibility index (Phi) is 8.51. The van der Waals surface area contributed by atoms with Crippen molar-refractivity contribution in [2.75, 3.05) is 32.0 Å². The molecule has 4 rings (SSSR count).